The minimum Gasteiger partial charge on any atom is -0.378 e. The van der Waals surface area contributed by atoms with Gasteiger partial charge in [0.2, 0.25) is 0 Å². The first-order chi connectivity index (χ1) is 14.0. The predicted molar refractivity (Wildman–Crippen MR) is 114 cm³/mol. The molecule has 1 aromatic heterocycles. The van der Waals surface area contributed by atoms with E-state index in [4.69, 9.17) is 21.3 Å². The van der Waals surface area contributed by atoms with Gasteiger partial charge in [-0.1, -0.05) is 11.6 Å². The number of urea groups is 1. The molecular formula is C21H20ClFN4O2. The molecule has 150 valence electrons. The van der Waals surface area contributed by atoms with Crippen molar-refractivity contribution >= 4 is 45.7 Å². The van der Waals surface area contributed by atoms with Gasteiger partial charge in [-0.05, 0) is 55.0 Å². The van der Waals surface area contributed by atoms with Crippen molar-refractivity contribution in [1.29, 1.82) is 0 Å². The van der Waals surface area contributed by atoms with Gasteiger partial charge >= 0.3 is 6.03 Å². The maximum absolute atomic E-state index is 13.2. The highest BCUT2D eigenvalue weighted by Crippen LogP contribution is 2.26. The minimum absolute atomic E-state index is 0.0497. The first-order valence-electron chi connectivity index (χ1n) is 9.27. The average Bonchev–Trinajstić information content (AvgIpc) is 2.71. The van der Waals surface area contributed by atoms with Crippen LogP contribution in [0.3, 0.4) is 0 Å². The number of aromatic nitrogens is 1. The lowest BCUT2D eigenvalue weighted by molar-refractivity contribution is 0.122. The van der Waals surface area contributed by atoms with Gasteiger partial charge in [-0.25, -0.2) is 14.2 Å². The lowest BCUT2D eigenvalue weighted by Gasteiger charge is -2.28. The number of ether oxygens (including phenoxy) is 1. The molecule has 2 amide bonds. The number of hydrogen-bond donors (Lipinski definition) is 2. The number of carbonyl (C=O) groups is 1. The molecule has 0 radical (unpaired) electrons. The van der Waals surface area contributed by atoms with Crippen molar-refractivity contribution in [3.8, 4) is 0 Å². The zero-order chi connectivity index (χ0) is 20.4. The van der Waals surface area contributed by atoms with E-state index < -0.39 is 11.8 Å². The standard InChI is InChI=1S/C21H20ClFN4O2/c1-13-10-20(27-6-8-29-9-7-27)26-19-5-3-14(11-16(13)19)24-21(28)25-15-2-4-18(23)17(22)12-15/h2-5,10-12H,6-9H2,1H3,(H2,24,25,28). The van der Waals surface area contributed by atoms with Gasteiger partial charge in [-0.2, -0.15) is 0 Å². The van der Waals surface area contributed by atoms with Crippen molar-refractivity contribution in [1.82, 2.24) is 4.98 Å². The Hall–Kier alpha value is -2.90. The van der Waals surface area contributed by atoms with Crippen LogP contribution in [0.25, 0.3) is 10.9 Å². The first-order valence-corrected chi connectivity index (χ1v) is 9.64. The molecule has 0 aliphatic carbocycles. The molecule has 29 heavy (non-hydrogen) atoms. The van der Waals surface area contributed by atoms with Crippen LogP contribution in [0.4, 0.5) is 26.4 Å². The Bertz CT molecular complexity index is 1070. The highest BCUT2D eigenvalue weighted by molar-refractivity contribution is 6.31. The van der Waals surface area contributed by atoms with Crippen molar-refractivity contribution < 1.29 is 13.9 Å². The summed E-state index contributed by atoms with van der Waals surface area (Å²) in [5, 5.41) is 6.33. The second-order valence-electron chi connectivity index (χ2n) is 6.84. The molecule has 0 saturated carbocycles. The number of nitrogens with one attached hydrogen (secondary N) is 2. The van der Waals surface area contributed by atoms with Crippen LogP contribution in [0.2, 0.25) is 5.02 Å². The first kappa shape index (κ1) is 19.4. The molecular weight excluding hydrogens is 395 g/mol. The van der Waals surface area contributed by atoms with Crippen molar-refractivity contribution in [2.75, 3.05) is 41.8 Å². The van der Waals surface area contributed by atoms with E-state index in [9.17, 15) is 9.18 Å². The Kier molecular flexibility index (Phi) is 5.51. The van der Waals surface area contributed by atoms with Crippen LogP contribution in [0.5, 0.6) is 0 Å². The third-order valence-electron chi connectivity index (χ3n) is 4.77. The van der Waals surface area contributed by atoms with Crippen LogP contribution >= 0.6 is 11.6 Å². The van der Waals surface area contributed by atoms with E-state index in [1.165, 1.54) is 18.2 Å². The number of morpholine rings is 1. The van der Waals surface area contributed by atoms with Crippen LogP contribution in [0.1, 0.15) is 5.56 Å². The molecule has 1 aliphatic heterocycles. The van der Waals surface area contributed by atoms with Gasteiger partial charge in [0.1, 0.15) is 11.6 Å². The number of rotatable bonds is 3. The summed E-state index contributed by atoms with van der Waals surface area (Å²) in [5.41, 5.74) is 2.98. The number of fused-ring (bicyclic) bond motifs is 1. The summed E-state index contributed by atoms with van der Waals surface area (Å²) in [4.78, 5) is 19.2. The summed E-state index contributed by atoms with van der Waals surface area (Å²) in [7, 11) is 0. The molecule has 3 aromatic rings. The molecule has 1 fully saturated rings. The van der Waals surface area contributed by atoms with Gasteiger partial charge in [0.15, 0.2) is 0 Å². The Labute approximate surface area is 172 Å². The third-order valence-corrected chi connectivity index (χ3v) is 5.06. The van der Waals surface area contributed by atoms with E-state index in [0.717, 1.165) is 35.4 Å². The molecule has 8 heteroatoms. The van der Waals surface area contributed by atoms with Gasteiger partial charge in [-0.3, -0.25) is 0 Å². The number of pyridine rings is 1. The molecule has 6 nitrogen and oxygen atoms in total. The molecule has 0 spiro atoms. The number of anilines is 3. The number of nitrogens with zero attached hydrogens (tertiary/aromatic N) is 2. The van der Waals surface area contributed by atoms with Gasteiger partial charge in [0, 0.05) is 29.9 Å². The normalized spacial score (nSPS) is 14.1. The second kappa shape index (κ2) is 8.23. The maximum Gasteiger partial charge on any atom is 0.323 e. The SMILES string of the molecule is Cc1cc(N2CCOCC2)nc2ccc(NC(=O)Nc3ccc(F)c(Cl)c3)cc12. The van der Waals surface area contributed by atoms with Crippen molar-refractivity contribution in [3.63, 3.8) is 0 Å². The Morgan fingerprint density at radius 1 is 1.10 bits per heavy atom. The third kappa shape index (κ3) is 4.41. The van der Waals surface area contributed by atoms with Crippen LogP contribution in [-0.4, -0.2) is 37.3 Å². The number of hydrogen-bond acceptors (Lipinski definition) is 4. The summed E-state index contributed by atoms with van der Waals surface area (Å²) in [5.74, 6) is 0.400. The lowest BCUT2D eigenvalue weighted by Crippen LogP contribution is -2.36. The maximum atomic E-state index is 13.2. The number of benzene rings is 2. The zero-order valence-electron chi connectivity index (χ0n) is 15.8. The summed E-state index contributed by atoms with van der Waals surface area (Å²) in [6.45, 7) is 5.08. The smallest absolute Gasteiger partial charge is 0.323 e. The van der Waals surface area contributed by atoms with E-state index in [-0.39, 0.29) is 5.02 Å². The minimum atomic E-state index is -0.536. The lowest BCUT2D eigenvalue weighted by atomic mass is 10.1. The number of carbonyl (C=O) groups excluding carboxylic acids is 1. The van der Waals surface area contributed by atoms with E-state index in [0.29, 0.717) is 24.6 Å². The van der Waals surface area contributed by atoms with Crippen molar-refractivity contribution in [2.45, 2.75) is 6.92 Å². The quantitative estimate of drug-likeness (QED) is 0.645. The van der Waals surface area contributed by atoms with Crippen molar-refractivity contribution in [3.05, 3.63) is 58.9 Å². The molecule has 4 rings (SSSR count). The molecule has 0 unspecified atom stereocenters. The van der Waals surface area contributed by atoms with Gasteiger partial charge in [0.05, 0.1) is 23.8 Å². The molecule has 1 saturated heterocycles. The summed E-state index contributed by atoms with van der Waals surface area (Å²) >= 11 is 5.75. The number of amides is 2. The topological polar surface area (TPSA) is 66.5 Å². The Balaban J connectivity index is 1.51. The van der Waals surface area contributed by atoms with E-state index in [2.05, 4.69) is 21.6 Å². The van der Waals surface area contributed by atoms with Crippen LogP contribution in [0.15, 0.2) is 42.5 Å². The fraction of sp³-hybridized carbons (Fsp3) is 0.238. The van der Waals surface area contributed by atoms with E-state index in [1.54, 1.807) is 6.07 Å². The van der Waals surface area contributed by atoms with E-state index in [1.807, 2.05) is 19.1 Å². The molecule has 2 heterocycles. The summed E-state index contributed by atoms with van der Waals surface area (Å²) in [6, 6.07) is 11.2. The fourth-order valence-corrected chi connectivity index (χ4v) is 3.46. The fourth-order valence-electron chi connectivity index (χ4n) is 3.28. The second-order valence-corrected chi connectivity index (χ2v) is 7.24. The Morgan fingerprint density at radius 3 is 2.52 bits per heavy atom. The van der Waals surface area contributed by atoms with Crippen LogP contribution in [0, 0.1) is 12.7 Å². The largest absolute Gasteiger partial charge is 0.378 e. The predicted octanol–water partition coefficient (Wildman–Crippen LogP) is 4.82. The molecule has 1 aliphatic rings. The highest BCUT2D eigenvalue weighted by Gasteiger charge is 2.14. The van der Waals surface area contributed by atoms with Gasteiger partial charge in [-0.15, -0.1) is 0 Å². The van der Waals surface area contributed by atoms with Crippen molar-refractivity contribution in [2.24, 2.45) is 0 Å². The zero-order valence-corrected chi connectivity index (χ0v) is 16.6. The highest BCUT2D eigenvalue weighted by atomic mass is 35.5. The van der Waals surface area contributed by atoms with Gasteiger partial charge < -0.3 is 20.3 Å². The Morgan fingerprint density at radius 2 is 1.79 bits per heavy atom. The molecule has 0 atom stereocenters. The summed E-state index contributed by atoms with van der Waals surface area (Å²) in [6.07, 6.45) is 0. The number of aryl methyl sites for hydroxylation is 1. The number of halogens is 2. The van der Waals surface area contributed by atoms with Crippen LogP contribution in [-0.2, 0) is 4.74 Å². The van der Waals surface area contributed by atoms with Gasteiger partial charge in [0.25, 0.3) is 0 Å². The molecule has 2 N–H and O–H groups in total. The average molecular weight is 415 g/mol. The van der Waals surface area contributed by atoms with Crippen LogP contribution < -0.4 is 15.5 Å². The summed E-state index contributed by atoms with van der Waals surface area (Å²) < 4.78 is 18.6. The van der Waals surface area contributed by atoms with E-state index >= 15 is 0 Å². The monoisotopic (exact) mass is 414 g/mol. The molecule has 0 bridgehead atoms. The molecule has 2 aromatic carbocycles.